The molecular weight excluding hydrogens is 479 g/mol. The van der Waals surface area contributed by atoms with Crippen LogP contribution in [0.3, 0.4) is 0 Å². The molecular formula is C21H22Cl2N2O4S2. The second-order valence-electron chi connectivity index (χ2n) is 6.73. The Labute approximate surface area is 195 Å². The number of carbonyl (C=O) groups excluding carboxylic acids is 1. The summed E-state index contributed by atoms with van der Waals surface area (Å²) in [6, 6.07) is 11.5. The maximum Gasteiger partial charge on any atom is 0.248 e. The van der Waals surface area contributed by atoms with Crippen LogP contribution < -0.4 is 4.80 Å². The Hall–Kier alpha value is -1.71. The molecule has 0 saturated heterocycles. The molecule has 1 heterocycles. The number of sulfone groups is 1. The fraction of sp³-hybridized carbons (Fsp3) is 0.333. The third kappa shape index (κ3) is 6.40. The number of amides is 1. The highest BCUT2D eigenvalue weighted by Gasteiger charge is 2.15. The Balaban J connectivity index is 1.74. The van der Waals surface area contributed by atoms with Crippen molar-refractivity contribution in [3.63, 3.8) is 0 Å². The van der Waals surface area contributed by atoms with E-state index in [2.05, 4.69) is 4.99 Å². The molecule has 0 atom stereocenters. The zero-order chi connectivity index (χ0) is 22.4. The molecule has 166 valence electrons. The maximum absolute atomic E-state index is 12.5. The predicted octanol–water partition coefficient (Wildman–Crippen LogP) is 4.73. The summed E-state index contributed by atoms with van der Waals surface area (Å²) in [4.78, 5) is 17.4. The molecule has 0 N–H and O–H groups in total. The molecule has 0 aliphatic carbocycles. The molecule has 0 radical (unpaired) electrons. The van der Waals surface area contributed by atoms with Crippen molar-refractivity contribution >= 4 is 60.5 Å². The van der Waals surface area contributed by atoms with Crippen molar-refractivity contribution in [2.45, 2.75) is 31.2 Å². The molecule has 0 spiro atoms. The molecule has 3 rings (SSSR count). The molecule has 0 aliphatic heterocycles. The lowest BCUT2D eigenvalue weighted by Crippen LogP contribution is -2.20. The quantitative estimate of drug-likeness (QED) is 0.398. The van der Waals surface area contributed by atoms with Gasteiger partial charge in [0.25, 0.3) is 0 Å². The van der Waals surface area contributed by atoms with Crippen LogP contribution in [-0.4, -0.2) is 37.9 Å². The number of aromatic nitrogens is 1. The topological polar surface area (TPSA) is 77.7 Å². The largest absolute Gasteiger partial charge is 0.380 e. The van der Waals surface area contributed by atoms with E-state index in [1.807, 2.05) is 23.6 Å². The molecule has 2 aromatic carbocycles. The number of nitrogens with zero attached hydrogens (tertiary/aromatic N) is 2. The van der Waals surface area contributed by atoms with Gasteiger partial charge in [0.1, 0.15) is 0 Å². The van der Waals surface area contributed by atoms with E-state index in [1.165, 1.54) is 35.6 Å². The maximum atomic E-state index is 12.5. The standard InChI is InChI=1S/C21H22Cl2N2O4S2/c1-2-29-12-11-25-18-10-7-16(23)14-19(18)30-21(25)24-20(26)4-3-13-31(27,28)17-8-5-15(22)6-9-17/h5-10,14H,2-4,11-13H2,1H3. The minimum Gasteiger partial charge on any atom is -0.380 e. The number of benzene rings is 2. The van der Waals surface area contributed by atoms with Gasteiger partial charge in [-0.2, -0.15) is 4.99 Å². The van der Waals surface area contributed by atoms with E-state index >= 15 is 0 Å². The van der Waals surface area contributed by atoms with Gasteiger partial charge < -0.3 is 9.30 Å². The second-order valence-corrected chi connectivity index (χ2v) is 10.7. The zero-order valence-electron chi connectivity index (χ0n) is 16.9. The van der Waals surface area contributed by atoms with E-state index in [0.717, 1.165) is 10.2 Å². The average Bonchev–Trinajstić information content (AvgIpc) is 3.04. The summed E-state index contributed by atoms with van der Waals surface area (Å²) >= 11 is 13.3. The molecule has 1 aromatic heterocycles. The second kappa shape index (κ2) is 10.7. The normalized spacial score (nSPS) is 12.5. The number of hydrogen-bond donors (Lipinski definition) is 0. The number of rotatable bonds is 9. The van der Waals surface area contributed by atoms with Crippen LogP contribution >= 0.6 is 34.5 Å². The Kier molecular flexibility index (Phi) is 8.30. The number of thiazole rings is 1. The highest BCUT2D eigenvalue weighted by Crippen LogP contribution is 2.22. The fourth-order valence-corrected chi connectivity index (χ4v) is 5.77. The van der Waals surface area contributed by atoms with Crippen molar-refractivity contribution in [1.29, 1.82) is 0 Å². The first kappa shape index (κ1) is 23.9. The van der Waals surface area contributed by atoms with Gasteiger partial charge in [-0.05, 0) is 55.8 Å². The van der Waals surface area contributed by atoms with Gasteiger partial charge in [-0.1, -0.05) is 34.5 Å². The van der Waals surface area contributed by atoms with Gasteiger partial charge >= 0.3 is 0 Å². The van der Waals surface area contributed by atoms with Crippen LogP contribution in [-0.2, 0) is 25.9 Å². The van der Waals surface area contributed by atoms with E-state index < -0.39 is 9.84 Å². The molecule has 0 fully saturated rings. The minimum absolute atomic E-state index is 0.0350. The molecule has 0 bridgehead atoms. The number of carbonyl (C=O) groups is 1. The van der Waals surface area contributed by atoms with Crippen LogP contribution in [0, 0.1) is 0 Å². The third-order valence-electron chi connectivity index (χ3n) is 4.50. The van der Waals surface area contributed by atoms with Crippen molar-refractivity contribution in [2.75, 3.05) is 19.0 Å². The smallest absolute Gasteiger partial charge is 0.248 e. The van der Waals surface area contributed by atoms with Crippen LogP contribution in [0.25, 0.3) is 10.2 Å². The van der Waals surface area contributed by atoms with Crippen LogP contribution in [0.5, 0.6) is 0 Å². The van der Waals surface area contributed by atoms with Crippen LogP contribution in [0.15, 0.2) is 52.4 Å². The van der Waals surface area contributed by atoms with Crippen molar-refractivity contribution < 1.29 is 17.9 Å². The van der Waals surface area contributed by atoms with E-state index in [4.69, 9.17) is 27.9 Å². The molecule has 10 heteroatoms. The molecule has 3 aromatic rings. The Bertz CT molecular complexity index is 1230. The number of fused-ring (bicyclic) bond motifs is 1. The summed E-state index contributed by atoms with van der Waals surface area (Å²) in [5, 5.41) is 1.08. The molecule has 31 heavy (non-hydrogen) atoms. The van der Waals surface area contributed by atoms with E-state index in [0.29, 0.717) is 34.6 Å². The predicted molar refractivity (Wildman–Crippen MR) is 125 cm³/mol. The minimum atomic E-state index is -3.48. The van der Waals surface area contributed by atoms with Crippen LogP contribution in [0.4, 0.5) is 0 Å². The zero-order valence-corrected chi connectivity index (χ0v) is 20.0. The van der Waals surface area contributed by atoms with E-state index in [-0.39, 0.29) is 29.4 Å². The van der Waals surface area contributed by atoms with Crippen LogP contribution in [0.1, 0.15) is 19.8 Å². The van der Waals surface area contributed by atoms with Gasteiger partial charge in [-0.15, -0.1) is 0 Å². The van der Waals surface area contributed by atoms with Gasteiger partial charge in [-0.3, -0.25) is 4.79 Å². The van der Waals surface area contributed by atoms with Crippen LogP contribution in [0.2, 0.25) is 10.0 Å². The Morgan fingerprint density at radius 2 is 1.84 bits per heavy atom. The summed E-state index contributed by atoms with van der Waals surface area (Å²) < 4.78 is 33.1. The van der Waals surface area contributed by atoms with E-state index in [1.54, 1.807) is 6.07 Å². The summed E-state index contributed by atoms with van der Waals surface area (Å²) in [5.74, 6) is -0.503. The van der Waals surface area contributed by atoms with Crippen molar-refractivity contribution in [1.82, 2.24) is 4.57 Å². The summed E-state index contributed by atoms with van der Waals surface area (Å²) in [6.45, 7) is 3.56. The molecule has 0 saturated carbocycles. The fourth-order valence-electron chi connectivity index (χ4n) is 2.98. The lowest BCUT2D eigenvalue weighted by Gasteiger charge is -2.05. The first-order valence-corrected chi connectivity index (χ1v) is 12.9. The first-order valence-electron chi connectivity index (χ1n) is 9.72. The van der Waals surface area contributed by atoms with Crippen molar-refractivity contribution in [3.05, 3.63) is 57.3 Å². The monoisotopic (exact) mass is 500 g/mol. The Morgan fingerprint density at radius 1 is 1.13 bits per heavy atom. The lowest BCUT2D eigenvalue weighted by atomic mass is 10.3. The number of halogens is 2. The average molecular weight is 501 g/mol. The summed E-state index contributed by atoms with van der Waals surface area (Å²) in [5.41, 5.74) is 0.922. The highest BCUT2D eigenvalue weighted by molar-refractivity contribution is 7.91. The SMILES string of the molecule is CCOCCn1c(=NC(=O)CCCS(=O)(=O)c2ccc(Cl)cc2)sc2cc(Cl)ccc21. The number of ether oxygens (including phenoxy) is 1. The molecule has 1 amide bonds. The van der Waals surface area contributed by atoms with Crippen molar-refractivity contribution in [3.8, 4) is 0 Å². The van der Waals surface area contributed by atoms with E-state index in [9.17, 15) is 13.2 Å². The van der Waals surface area contributed by atoms with Crippen molar-refractivity contribution in [2.24, 2.45) is 4.99 Å². The van der Waals surface area contributed by atoms with Gasteiger partial charge in [-0.25, -0.2) is 8.42 Å². The summed E-state index contributed by atoms with van der Waals surface area (Å²) in [7, 11) is -3.48. The molecule has 0 unspecified atom stereocenters. The lowest BCUT2D eigenvalue weighted by molar-refractivity contribution is -0.118. The van der Waals surface area contributed by atoms with Gasteiger partial charge in [0.15, 0.2) is 14.6 Å². The first-order chi connectivity index (χ1) is 14.8. The van der Waals surface area contributed by atoms with Gasteiger partial charge in [0.2, 0.25) is 5.91 Å². The Morgan fingerprint density at radius 3 is 2.55 bits per heavy atom. The molecule has 6 nitrogen and oxygen atoms in total. The van der Waals surface area contributed by atoms with Gasteiger partial charge in [0.05, 0.1) is 27.5 Å². The van der Waals surface area contributed by atoms with Gasteiger partial charge in [0, 0.05) is 29.6 Å². The highest BCUT2D eigenvalue weighted by atomic mass is 35.5. The summed E-state index contributed by atoms with van der Waals surface area (Å²) in [6.07, 6.45) is 0.218. The number of hydrogen-bond acceptors (Lipinski definition) is 5. The third-order valence-corrected chi connectivity index (χ3v) is 7.85. The molecule has 0 aliphatic rings.